The summed E-state index contributed by atoms with van der Waals surface area (Å²) >= 11 is 6.56. The number of hydrogen-bond donors (Lipinski definition) is 2. The number of carbonyl (C=O) groups is 1. The molecule has 2 aromatic carbocycles. The van der Waals surface area contributed by atoms with Crippen LogP contribution in [0.2, 0.25) is 0 Å². The van der Waals surface area contributed by atoms with Gasteiger partial charge in [-0.25, -0.2) is 4.39 Å². The van der Waals surface area contributed by atoms with Crippen LogP contribution in [0.5, 0.6) is 0 Å². The van der Waals surface area contributed by atoms with E-state index in [1.54, 1.807) is 19.1 Å². The van der Waals surface area contributed by atoms with Crippen molar-refractivity contribution < 1.29 is 9.18 Å². The van der Waals surface area contributed by atoms with E-state index in [2.05, 4.69) is 37.2 Å². The topological polar surface area (TPSA) is 55.1 Å². The maximum Gasteiger partial charge on any atom is 0.256 e. The van der Waals surface area contributed by atoms with Gasteiger partial charge in [0.05, 0.1) is 5.69 Å². The SMILES string of the molecule is Cc1c(N)cc(Br)cc1C(=O)Nc1cc(F)ccc1Br. The van der Waals surface area contributed by atoms with Gasteiger partial charge in [0.1, 0.15) is 5.82 Å². The number of hydrogen-bond acceptors (Lipinski definition) is 2. The molecular formula is C14H11Br2FN2O. The Balaban J connectivity index is 2.35. The summed E-state index contributed by atoms with van der Waals surface area (Å²) in [5.41, 5.74) is 7.83. The molecule has 104 valence electrons. The lowest BCUT2D eigenvalue weighted by Crippen LogP contribution is -2.14. The molecule has 0 aromatic heterocycles. The van der Waals surface area contributed by atoms with E-state index in [4.69, 9.17) is 5.73 Å². The monoisotopic (exact) mass is 400 g/mol. The lowest BCUT2D eigenvalue weighted by atomic mass is 10.1. The highest BCUT2D eigenvalue weighted by molar-refractivity contribution is 9.10. The van der Waals surface area contributed by atoms with Crippen molar-refractivity contribution in [3.8, 4) is 0 Å². The van der Waals surface area contributed by atoms with Gasteiger partial charge in [-0.05, 0) is 58.7 Å². The van der Waals surface area contributed by atoms with Gasteiger partial charge in [-0.3, -0.25) is 4.79 Å². The predicted molar refractivity (Wildman–Crippen MR) is 85.3 cm³/mol. The molecule has 0 unspecified atom stereocenters. The predicted octanol–water partition coefficient (Wildman–Crippen LogP) is 4.49. The smallest absolute Gasteiger partial charge is 0.256 e. The van der Waals surface area contributed by atoms with Crippen LogP contribution in [-0.2, 0) is 0 Å². The Morgan fingerprint density at radius 3 is 2.65 bits per heavy atom. The number of amides is 1. The molecule has 3 N–H and O–H groups in total. The van der Waals surface area contributed by atoms with Gasteiger partial charge in [-0.1, -0.05) is 15.9 Å². The fourth-order valence-electron chi connectivity index (χ4n) is 1.72. The van der Waals surface area contributed by atoms with E-state index in [1.165, 1.54) is 18.2 Å². The van der Waals surface area contributed by atoms with Gasteiger partial charge in [0, 0.05) is 20.2 Å². The summed E-state index contributed by atoms with van der Waals surface area (Å²) in [7, 11) is 0. The van der Waals surface area contributed by atoms with Gasteiger partial charge in [0.2, 0.25) is 0 Å². The first kappa shape index (κ1) is 15.0. The minimum absolute atomic E-state index is 0.346. The molecule has 3 nitrogen and oxygen atoms in total. The summed E-state index contributed by atoms with van der Waals surface area (Å²) in [6, 6.07) is 7.49. The summed E-state index contributed by atoms with van der Waals surface area (Å²) in [6.07, 6.45) is 0. The third-order valence-corrected chi connectivity index (χ3v) is 3.98. The highest BCUT2D eigenvalue weighted by Gasteiger charge is 2.14. The van der Waals surface area contributed by atoms with Gasteiger partial charge in [0.25, 0.3) is 5.91 Å². The highest BCUT2D eigenvalue weighted by Crippen LogP contribution is 2.26. The molecule has 1 amide bonds. The molecule has 0 aliphatic heterocycles. The van der Waals surface area contributed by atoms with Crippen molar-refractivity contribution in [2.75, 3.05) is 11.1 Å². The lowest BCUT2D eigenvalue weighted by molar-refractivity contribution is 0.102. The molecule has 2 rings (SSSR count). The van der Waals surface area contributed by atoms with Crippen molar-refractivity contribution in [3.63, 3.8) is 0 Å². The molecular weight excluding hydrogens is 391 g/mol. The highest BCUT2D eigenvalue weighted by atomic mass is 79.9. The van der Waals surface area contributed by atoms with Crippen LogP contribution < -0.4 is 11.1 Å². The standard InChI is InChI=1S/C14H11Br2FN2O/c1-7-10(4-8(15)5-12(7)18)14(20)19-13-6-9(17)2-3-11(13)16/h2-6H,18H2,1H3,(H,19,20). The van der Waals surface area contributed by atoms with Gasteiger partial charge < -0.3 is 11.1 Å². The molecule has 0 spiro atoms. The number of nitrogens with two attached hydrogens (primary N) is 1. The van der Waals surface area contributed by atoms with E-state index < -0.39 is 5.82 Å². The van der Waals surface area contributed by atoms with Gasteiger partial charge >= 0.3 is 0 Å². The van der Waals surface area contributed by atoms with Crippen molar-refractivity contribution in [1.29, 1.82) is 0 Å². The Kier molecular flexibility index (Phi) is 4.45. The van der Waals surface area contributed by atoms with Gasteiger partial charge in [-0.2, -0.15) is 0 Å². The zero-order valence-corrected chi connectivity index (χ0v) is 13.7. The summed E-state index contributed by atoms with van der Waals surface area (Å²) in [5, 5.41) is 2.66. The van der Waals surface area contributed by atoms with Crippen LogP contribution in [0.1, 0.15) is 15.9 Å². The number of halogens is 3. The van der Waals surface area contributed by atoms with E-state index in [0.29, 0.717) is 31.4 Å². The Morgan fingerprint density at radius 1 is 1.25 bits per heavy atom. The second kappa shape index (κ2) is 5.93. The average Bonchev–Trinajstić information content (AvgIpc) is 2.38. The van der Waals surface area contributed by atoms with Crippen LogP contribution in [-0.4, -0.2) is 5.91 Å². The van der Waals surface area contributed by atoms with E-state index in [1.807, 2.05) is 0 Å². The summed E-state index contributed by atoms with van der Waals surface area (Å²) in [6.45, 7) is 1.76. The molecule has 0 saturated carbocycles. The van der Waals surface area contributed by atoms with Crippen LogP contribution in [0.4, 0.5) is 15.8 Å². The fourth-order valence-corrected chi connectivity index (χ4v) is 2.54. The second-order valence-electron chi connectivity index (χ2n) is 4.25. The van der Waals surface area contributed by atoms with E-state index in [-0.39, 0.29) is 5.91 Å². The first-order chi connectivity index (χ1) is 9.38. The number of nitrogens with one attached hydrogen (secondary N) is 1. The zero-order valence-electron chi connectivity index (χ0n) is 10.5. The third kappa shape index (κ3) is 3.19. The molecule has 0 fully saturated rings. The van der Waals surface area contributed by atoms with E-state index in [0.717, 1.165) is 0 Å². The molecule has 2 aromatic rings. The molecule has 20 heavy (non-hydrogen) atoms. The number of benzene rings is 2. The first-order valence-corrected chi connectivity index (χ1v) is 7.29. The molecule has 0 bridgehead atoms. The quantitative estimate of drug-likeness (QED) is 0.728. The summed E-state index contributed by atoms with van der Waals surface area (Å²) in [4.78, 5) is 12.3. The molecule has 0 atom stereocenters. The number of anilines is 2. The Hall–Kier alpha value is -1.40. The van der Waals surface area contributed by atoms with Crippen LogP contribution in [0.15, 0.2) is 39.3 Å². The minimum atomic E-state index is -0.422. The van der Waals surface area contributed by atoms with Crippen molar-refractivity contribution >= 4 is 49.1 Å². The Bertz CT molecular complexity index is 689. The second-order valence-corrected chi connectivity index (χ2v) is 6.02. The third-order valence-electron chi connectivity index (χ3n) is 2.83. The van der Waals surface area contributed by atoms with Gasteiger partial charge in [-0.15, -0.1) is 0 Å². The van der Waals surface area contributed by atoms with Crippen molar-refractivity contribution in [2.45, 2.75) is 6.92 Å². The molecule has 0 aliphatic rings. The maximum atomic E-state index is 13.2. The van der Waals surface area contributed by atoms with Crippen LogP contribution in [0.3, 0.4) is 0 Å². The Morgan fingerprint density at radius 2 is 1.95 bits per heavy atom. The lowest BCUT2D eigenvalue weighted by Gasteiger charge is -2.11. The number of rotatable bonds is 2. The largest absolute Gasteiger partial charge is 0.398 e. The maximum absolute atomic E-state index is 13.2. The van der Waals surface area contributed by atoms with E-state index in [9.17, 15) is 9.18 Å². The molecule has 0 aliphatic carbocycles. The molecule has 0 radical (unpaired) electrons. The van der Waals surface area contributed by atoms with Crippen molar-refractivity contribution in [1.82, 2.24) is 0 Å². The summed E-state index contributed by atoms with van der Waals surface area (Å²) in [5.74, 6) is -0.768. The molecule has 6 heteroatoms. The minimum Gasteiger partial charge on any atom is -0.398 e. The van der Waals surface area contributed by atoms with E-state index >= 15 is 0 Å². The molecule has 0 saturated heterocycles. The van der Waals surface area contributed by atoms with Crippen molar-refractivity contribution in [2.24, 2.45) is 0 Å². The van der Waals surface area contributed by atoms with Gasteiger partial charge in [0.15, 0.2) is 0 Å². The number of carbonyl (C=O) groups excluding carboxylic acids is 1. The van der Waals surface area contributed by atoms with Crippen molar-refractivity contribution in [3.05, 3.63) is 56.2 Å². The van der Waals surface area contributed by atoms with Crippen LogP contribution >= 0.6 is 31.9 Å². The average molecular weight is 402 g/mol. The van der Waals surface area contributed by atoms with Crippen LogP contribution in [0, 0.1) is 12.7 Å². The zero-order chi connectivity index (χ0) is 14.9. The normalized spacial score (nSPS) is 10.4. The van der Waals surface area contributed by atoms with Crippen LogP contribution in [0.25, 0.3) is 0 Å². The number of nitrogen functional groups attached to an aromatic ring is 1. The molecule has 0 heterocycles. The Labute approximate surface area is 132 Å². The fraction of sp³-hybridized carbons (Fsp3) is 0.0714. The summed E-state index contributed by atoms with van der Waals surface area (Å²) < 4.78 is 14.5. The first-order valence-electron chi connectivity index (χ1n) is 5.70.